The molecular formula is C16H14ClN3O2. The molecule has 0 aliphatic carbocycles. The highest BCUT2D eigenvalue weighted by atomic mass is 35.5. The number of aromatic nitrogens is 1. The summed E-state index contributed by atoms with van der Waals surface area (Å²) in [5.74, 6) is -0.682. The third kappa shape index (κ3) is 4.17. The molecule has 0 aliphatic rings. The molecule has 2 rings (SSSR count). The van der Waals surface area contributed by atoms with Crippen molar-refractivity contribution in [2.45, 2.75) is 0 Å². The van der Waals surface area contributed by atoms with E-state index in [9.17, 15) is 9.59 Å². The smallest absolute Gasteiger partial charge is 0.257 e. The summed E-state index contributed by atoms with van der Waals surface area (Å²) >= 11 is 5.86. The van der Waals surface area contributed by atoms with Gasteiger partial charge in [-0.2, -0.15) is 0 Å². The van der Waals surface area contributed by atoms with E-state index in [-0.39, 0.29) is 17.4 Å². The number of nitrogens with zero attached hydrogens (tertiary/aromatic N) is 1. The van der Waals surface area contributed by atoms with E-state index in [0.717, 1.165) is 0 Å². The minimum absolute atomic E-state index is 0.284. The molecule has 1 heterocycles. The first-order valence-corrected chi connectivity index (χ1v) is 6.89. The number of nitrogens with one attached hydrogen (secondary N) is 2. The standard InChI is InChI=1S/C16H14ClN3O2/c1-2-6-19-15(21)11-7-12(10-18-9-11)16(22)20-14-5-3-4-13(17)8-14/h2-5,7-10H,1,6H2,(H,19,21)(H,20,22). The molecule has 1 aromatic heterocycles. The van der Waals surface area contributed by atoms with Crippen LogP contribution >= 0.6 is 11.6 Å². The summed E-state index contributed by atoms with van der Waals surface area (Å²) < 4.78 is 0. The van der Waals surface area contributed by atoms with E-state index in [1.165, 1.54) is 18.5 Å². The summed E-state index contributed by atoms with van der Waals surface area (Å²) in [5, 5.41) is 5.84. The zero-order chi connectivity index (χ0) is 15.9. The lowest BCUT2D eigenvalue weighted by molar-refractivity contribution is 0.0957. The lowest BCUT2D eigenvalue weighted by atomic mass is 10.2. The van der Waals surface area contributed by atoms with Crippen LogP contribution in [0.15, 0.2) is 55.4 Å². The summed E-state index contributed by atoms with van der Waals surface area (Å²) in [6.45, 7) is 3.87. The van der Waals surface area contributed by atoms with Crippen molar-refractivity contribution in [3.05, 3.63) is 71.5 Å². The second kappa shape index (κ2) is 7.38. The Morgan fingerprint density at radius 2 is 1.91 bits per heavy atom. The van der Waals surface area contributed by atoms with Gasteiger partial charge in [0.25, 0.3) is 11.8 Å². The van der Waals surface area contributed by atoms with Gasteiger partial charge >= 0.3 is 0 Å². The molecule has 0 spiro atoms. The van der Waals surface area contributed by atoms with Crippen molar-refractivity contribution < 1.29 is 9.59 Å². The molecular weight excluding hydrogens is 302 g/mol. The van der Waals surface area contributed by atoms with Crippen LogP contribution in [0.2, 0.25) is 5.02 Å². The number of anilines is 1. The summed E-state index contributed by atoms with van der Waals surface area (Å²) in [7, 11) is 0. The van der Waals surface area contributed by atoms with Crippen molar-refractivity contribution in [3.63, 3.8) is 0 Å². The van der Waals surface area contributed by atoms with Gasteiger partial charge in [-0.1, -0.05) is 23.7 Å². The van der Waals surface area contributed by atoms with E-state index in [1.807, 2.05) is 0 Å². The zero-order valence-corrected chi connectivity index (χ0v) is 12.4. The molecule has 112 valence electrons. The van der Waals surface area contributed by atoms with Gasteiger partial charge in [0.1, 0.15) is 0 Å². The highest BCUT2D eigenvalue weighted by molar-refractivity contribution is 6.31. The Morgan fingerprint density at radius 3 is 2.59 bits per heavy atom. The van der Waals surface area contributed by atoms with E-state index < -0.39 is 0 Å². The molecule has 1 aromatic carbocycles. The third-order valence-corrected chi connectivity index (χ3v) is 2.99. The van der Waals surface area contributed by atoms with Crippen LogP contribution in [0.1, 0.15) is 20.7 Å². The van der Waals surface area contributed by atoms with Crippen LogP contribution in [0.3, 0.4) is 0 Å². The third-order valence-electron chi connectivity index (χ3n) is 2.75. The second-order valence-electron chi connectivity index (χ2n) is 4.43. The number of hydrogen-bond donors (Lipinski definition) is 2. The number of rotatable bonds is 5. The van der Waals surface area contributed by atoms with Gasteiger partial charge in [-0.3, -0.25) is 14.6 Å². The summed E-state index contributed by atoms with van der Waals surface area (Å²) in [6.07, 6.45) is 4.36. The molecule has 0 bridgehead atoms. The fourth-order valence-corrected chi connectivity index (χ4v) is 1.91. The Kier molecular flexibility index (Phi) is 5.27. The van der Waals surface area contributed by atoms with E-state index in [1.54, 1.807) is 30.3 Å². The van der Waals surface area contributed by atoms with E-state index in [2.05, 4.69) is 22.2 Å². The fourth-order valence-electron chi connectivity index (χ4n) is 1.72. The maximum atomic E-state index is 12.2. The molecule has 0 radical (unpaired) electrons. The van der Waals surface area contributed by atoms with Gasteiger partial charge in [0.15, 0.2) is 0 Å². The zero-order valence-electron chi connectivity index (χ0n) is 11.7. The molecule has 0 saturated carbocycles. The first-order chi connectivity index (χ1) is 10.6. The van der Waals surface area contributed by atoms with Gasteiger partial charge in [-0.05, 0) is 24.3 Å². The average molecular weight is 316 g/mol. The van der Waals surface area contributed by atoms with Gasteiger partial charge in [-0.25, -0.2) is 0 Å². The molecule has 0 fully saturated rings. The minimum Gasteiger partial charge on any atom is -0.349 e. The lowest BCUT2D eigenvalue weighted by Gasteiger charge is -2.07. The normalized spacial score (nSPS) is 9.86. The van der Waals surface area contributed by atoms with Gasteiger partial charge in [0.2, 0.25) is 0 Å². The van der Waals surface area contributed by atoms with Crippen LogP contribution in [0.4, 0.5) is 5.69 Å². The predicted molar refractivity (Wildman–Crippen MR) is 86.2 cm³/mol. The Hall–Kier alpha value is -2.66. The Bertz CT molecular complexity index is 716. The Balaban J connectivity index is 2.13. The van der Waals surface area contributed by atoms with Crippen molar-refractivity contribution in [1.29, 1.82) is 0 Å². The van der Waals surface area contributed by atoms with E-state index >= 15 is 0 Å². The number of amides is 2. The van der Waals surface area contributed by atoms with Gasteiger partial charge in [0, 0.05) is 29.6 Å². The second-order valence-corrected chi connectivity index (χ2v) is 4.86. The molecule has 2 N–H and O–H groups in total. The lowest BCUT2D eigenvalue weighted by Crippen LogP contribution is -2.24. The van der Waals surface area contributed by atoms with E-state index in [0.29, 0.717) is 22.8 Å². The van der Waals surface area contributed by atoms with Gasteiger partial charge < -0.3 is 10.6 Å². The fraction of sp³-hybridized carbons (Fsp3) is 0.0625. The van der Waals surface area contributed by atoms with E-state index in [4.69, 9.17) is 11.6 Å². The molecule has 22 heavy (non-hydrogen) atoms. The topological polar surface area (TPSA) is 71.1 Å². The van der Waals surface area contributed by atoms with Crippen LogP contribution in [0.25, 0.3) is 0 Å². The summed E-state index contributed by atoms with van der Waals surface area (Å²) in [5.41, 5.74) is 1.16. The number of hydrogen-bond acceptors (Lipinski definition) is 3. The van der Waals surface area contributed by atoms with Gasteiger partial charge in [-0.15, -0.1) is 6.58 Å². The number of benzene rings is 1. The maximum Gasteiger partial charge on any atom is 0.257 e. The highest BCUT2D eigenvalue weighted by Crippen LogP contribution is 2.16. The molecule has 0 unspecified atom stereocenters. The molecule has 0 saturated heterocycles. The molecule has 2 amide bonds. The Morgan fingerprint density at radius 1 is 1.18 bits per heavy atom. The van der Waals surface area contributed by atoms with Crippen molar-refractivity contribution in [3.8, 4) is 0 Å². The number of carbonyl (C=O) groups excluding carboxylic acids is 2. The van der Waals surface area contributed by atoms with Gasteiger partial charge in [0.05, 0.1) is 11.1 Å². The Labute approximate surface area is 133 Å². The SMILES string of the molecule is C=CCNC(=O)c1cncc(C(=O)Nc2cccc(Cl)c2)c1. The monoisotopic (exact) mass is 315 g/mol. The summed E-state index contributed by atoms with van der Waals surface area (Å²) in [6, 6.07) is 8.27. The van der Waals surface area contributed by atoms with Crippen molar-refractivity contribution >= 4 is 29.1 Å². The molecule has 0 atom stereocenters. The van der Waals surface area contributed by atoms with Crippen molar-refractivity contribution in [2.24, 2.45) is 0 Å². The number of pyridine rings is 1. The molecule has 6 heteroatoms. The minimum atomic E-state index is -0.367. The largest absolute Gasteiger partial charge is 0.349 e. The first kappa shape index (κ1) is 15.7. The van der Waals surface area contributed by atoms with Crippen molar-refractivity contribution in [2.75, 3.05) is 11.9 Å². The van der Waals surface area contributed by atoms with Crippen LogP contribution < -0.4 is 10.6 Å². The average Bonchev–Trinajstić information content (AvgIpc) is 2.52. The van der Waals surface area contributed by atoms with Crippen LogP contribution in [0, 0.1) is 0 Å². The quantitative estimate of drug-likeness (QED) is 0.833. The molecule has 0 aliphatic heterocycles. The van der Waals surface area contributed by atoms with Crippen molar-refractivity contribution in [1.82, 2.24) is 10.3 Å². The summed E-state index contributed by atoms with van der Waals surface area (Å²) in [4.78, 5) is 27.9. The molecule has 5 nitrogen and oxygen atoms in total. The first-order valence-electron chi connectivity index (χ1n) is 6.51. The van der Waals surface area contributed by atoms with Crippen LogP contribution in [-0.4, -0.2) is 23.3 Å². The van der Waals surface area contributed by atoms with Crippen LogP contribution in [0.5, 0.6) is 0 Å². The predicted octanol–water partition coefficient (Wildman–Crippen LogP) is 2.90. The molecule has 2 aromatic rings. The number of carbonyl (C=O) groups is 2. The highest BCUT2D eigenvalue weighted by Gasteiger charge is 2.11. The van der Waals surface area contributed by atoms with Crippen LogP contribution in [-0.2, 0) is 0 Å². The maximum absolute atomic E-state index is 12.2. The number of halogens is 1.